The molecule has 0 aliphatic rings. The number of rotatable bonds is 2. The zero-order valence-electron chi connectivity index (χ0n) is 7.91. The normalized spacial score (nSPS) is 11.9. The molecule has 0 aliphatic heterocycles. The first-order valence-electron chi connectivity index (χ1n) is 4.06. The minimum atomic E-state index is -0.804. The lowest BCUT2D eigenvalue weighted by atomic mass is 10.0. The average Bonchev–Trinajstić information content (AvgIpc) is 2.20. The molecule has 0 spiro atoms. The molecular formula is C10H10FNO2. The topological polar surface area (TPSA) is 53.2 Å². The van der Waals surface area contributed by atoms with E-state index in [1.807, 2.05) is 6.07 Å². The van der Waals surface area contributed by atoms with Crippen molar-refractivity contribution in [3.63, 3.8) is 0 Å². The smallest absolute Gasteiger partial charge is 0.206 e. The summed E-state index contributed by atoms with van der Waals surface area (Å²) in [6.45, 7) is 1.66. The van der Waals surface area contributed by atoms with Gasteiger partial charge in [-0.2, -0.15) is 9.65 Å². The van der Waals surface area contributed by atoms with Gasteiger partial charge < -0.3 is 9.84 Å². The van der Waals surface area contributed by atoms with Crippen molar-refractivity contribution in [2.24, 2.45) is 0 Å². The fourth-order valence-electron chi connectivity index (χ4n) is 1.08. The molecule has 1 unspecified atom stereocenters. The lowest BCUT2D eigenvalue weighted by Gasteiger charge is -2.08. The Hall–Kier alpha value is -1.76. The van der Waals surface area contributed by atoms with Crippen molar-refractivity contribution in [1.29, 1.82) is 5.26 Å². The molecule has 1 aromatic carbocycles. The number of halogens is 1. The van der Waals surface area contributed by atoms with E-state index in [2.05, 4.69) is 0 Å². The van der Waals surface area contributed by atoms with Crippen LogP contribution in [0.5, 0.6) is 11.5 Å². The van der Waals surface area contributed by atoms with E-state index in [9.17, 15) is 9.50 Å². The molecule has 0 aliphatic carbocycles. The third-order valence-electron chi connectivity index (χ3n) is 1.96. The second kappa shape index (κ2) is 3.97. The van der Waals surface area contributed by atoms with E-state index in [0.717, 1.165) is 0 Å². The van der Waals surface area contributed by atoms with Gasteiger partial charge in [-0.05, 0) is 24.6 Å². The van der Waals surface area contributed by atoms with Crippen LogP contribution in [0.4, 0.5) is 4.39 Å². The molecule has 0 radical (unpaired) electrons. The second-order valence-corrected chi connectivity index (χ2v) is 2.91. The van der Waals surface area contributed by atoms with Gasteiger partial charge in [0.25, 0.3) is 0 Å². The van der Waals surface area contributed by atoms with Gasteiger partial charge in [0.2, 0.25) is 5.82 Å². The summed E-state index contributed by atoms with van der Waals surface area (Å²) in [6, 6.07) is 4.62. The van der Waals surface area contributed by atoms with Crippen molar-refractivity contribution in [3.8, 4) is 17.6 Å². The van der Waals surface area contributed by atoms with Crippen LogP contribution >= 0.6 is 0 Å². The Morgan fingerprint density at radius 1 is 1.57 bits per heavy atom. The molecule has 0 saturated heterocycles. The first kappa shape index (κ1) is 10.3. The number of phenols is 1. The van der Waals surface area contributed by atoms with Gasteiger partial charge in [0.15, 0.2) is 11.5 Å². The van der Waals surface area contributed by atoms with Gasteiger partial charge in [0.05, 0.1) is 19.1 Å². The van der Waals surface area contributed by atoms with E-state index in [-0.39, 0.29) is 5.75 Å². The lowest BCUT2D eigenvalue weighted by Crippen LogP contribution is -1.94. The Morgan fingerprint density at radius 2 is 2.21 bits per heavy atom. The fraction of sp³-hybridized carbons (Fsp3) is 0.300. The molecule has 0 aromatic heterocycles. The van der Waals surface area contributed by atoms with E-state index in [1.165, 1.54) is 19.2 Å². The number of aromatic hydroxyl groups is 1. The van der Waals surface area contributed by atoms with Crippen LogP contribution < -0.4 is 4.74 Å². The van der Waals surface area contributed by atoms with Crippen molar-refractivity contribution in [2.45, 2.75) is 12.8 Å². The Balaban J connectivity index is 3.24. The fourth-order valence-corrected chi connectivity index (χ4v) is 1.08. The van der Waals surface area contributed by atoms with E-state index in [0.29, 0.717) is 5.56 Å². The van der Waals surface area contributed by atoms with E-state index < -0.39 is 17.5 Å². The predicted octanol–water partition coefficient (Wildman–Crippen LogP) is 2.17. The first-order chi connectivity index (χ1) is 6.60. The Labute approximate surface area is 81.4 Å². The zero-order chi connectivity index (χ0) is 10.7. The van der Waals surface area contributed by atoms with Crippen LogP contribution in [-0.2, 0) is 0 Å². The number of nitrogens with zero attached hydrogens (tertiary/aromatic N) is 1. The van der Waals surface area contributed by atoms with Crippen LogP contribution in [0.3, 0.4) is 0 Å². The van der Waals surface area contributed by atoms with Gasteiger partial charge >= 0.3 is 0 Å². The number of ether oxygens (including phenoxy) is 1. The highest BCUT2D eigenvalue weighted by Crippen LogP contribution is 2.30. The van der Waals surface area contributed by atoms with E-state index in [1.54, 1.807) is 6.92 Å². The van der Waals surface area contributed by atoms with Crippen molar-refractivity contribution >= 4 is 0 Å². The number of hydrogen-bond donors (Lipinski definition) is 1. The monoisotopic (exact) mass is 195 g/mol. The number of hydrogen-bond acceptors (Lipinski definition) is 3. The summed E-state index contributed by atoms with van der Waals surface area (Å²) in [6.07, 6.45) is 0. The van der Waals surface area contributed by atoms with Crippen molar-refractivity contribution < 1.29 is 14.2 Å². The highest BCUT2D eigenvalue weighted by Gasteiger charge is 2.13. The van der Waals surface area contributed by atoms with Crippen LogP contribution in [-0.4, -0.2) is 12.2 Å². The van der Waals surface area contributed by atoms with Gasteiger partial charge in [0, 0.05) is 0 Å². The SMILES string of the molecule is COc1cc(C(C)C#N)cc(O)c1F. The Kier molecular flexibility index (Phi) is 2.92. The Bertz CT molecular complexity index is 384. The molecular weight excluding hydrogens is 185 g/mol. The second-order valence-electron chi connectivity index (χ2n) is 2.91. The minimum Gasteiger partial charge on any atom is -0.505 e. The molecule has 1 aromatic rings. The summed E-state index contributed by atoms with van der Waals surface area (Å²) >= 11 is 0. The predicted molar refractivity (Wildman–Crippen MR) is 48.6 cm³/mol. The molecule has 14 heavy (non-hydrogen) atoms. The molecule has 4 heteroatoms. The molecule has 74 valence electrons. The summed E-state index contributed by atoms with van der Waals surface area (Å²) in [5, 5.41) is 17.8. The molecule has 3 nitrogen and oxygen atoms in total. The molecule has 0 fully saturated rings. The largest absolute Gasteiger partial charge is 0.505 e. The van der Waals surface area contributed by atoms with Crippen molar-refractivity contribution in [2.75, 3.05) is 7.11 Å². The van der Waals surface area contributed by atoms with E-state index >= 15 is 0 Å². The van der Waals surface area contributed by atoms with Gasteiger partial charge in [-0.25, -0.2) is 0 Å². The Morgan fingerprint density at radius 3 is 2.71 bits per heavy atom. The van der Waals surface area contributed by atoms with Gasteiger partial charge in [-0.15, -0.1) is 0 Å². The molecule has 0 heterocycles. The quantitative estimate of drug-likeness (QED) is 0.786. The minimum absolute atomic E-state index is 0.0536. The molecule has 0 amide bonds. The third-order valence-corrected chi connectivity index (χ3v) is 1.96. The molecule has 1 atom stereocenters. The van der Waals surface area contributed by atoms with Gasteiger partial charge in [0.1, 0.15) is 0 Å². The average molecular weight is 195 g/mol. The van der Waals surface area contributed by atoms with Crippen LogP contribution in [0.25, 0.3) is 0 Å². The van der Waals surface area contributed by atoms with Crippen molar-refractivity contribution in [1.82, 2.24) is 0 Å². The van der Waals surface area contributed by atoms with Crippen LogP contribution in [0, 0.1) is 17.1 Å². The summed E-state index contributed by atoms with van der Waals surface area (Å²) < 4.78 is 17.8. The van der Waals surface area contributed by atoms with Gasteiger partial charge in [-0.1, -0.05) is 0 Å². The molecule has 0 bridgehead atoms. The lowest BCUT2D eigenvalue weighted by molar-refractivity contribution is 0.363. The van der Waals surface area contributed by atoms with Crippen molar-refractivity contribution in [3.05, 3.63) is 23.5 Å². The zero-order valence-corrected chi connectivity index (χ0v) is 7.91. The summed E-state index contributed by atoms with van der Waals surface area (Å²) in [7, 11) is 1.30. The summed E-state index contributed by atoms with van der Waals surface area (Å²) in [4.78, 5) is 0. The maximum Gasteiger partial charge on any atom is 0.206 e. The highest BCUT2D eigenvalue weighted by molar-refractivity contribution is 5.42. The number of methoxy groups -OCH3 is 1. The van der Waals surface area contributed by atoms with Crippen LogP contribution in [0.2, 0.25) is 0 Å². The standard InChI is InChI=1S/C10H10FNO2/c1-6(5-12)7-3-8(13)10(11)9(4-7)14-2/h3-4,6,13H,1-2H3. The molecule has 1 rings (SSSR count). The maximum atomic E-state index is 13.1. The molecule has 0 saturated carbocycles. The number of benzene rings is 1. The summed E-state index contributed by atoms with van der Waals surface area (Å²) in [5.41, 5.74) is 0.531. The number of phenolic OH excluding ortho intramolecular Hbond substituents is 1. The highest BCUT2D eigenvalue weighted by atomic mass is 19.1. The first-order valence-corrected chi connectivity index (χ1v) is 4.06. The van der Waals surface area contributed by atoms with Crippen LogP contribution in [0.15, 0.2) is 12.1 Å². The molecule has 1 N–H and O–H groups in total. The van der Waals surface area contributed by atoms with Gasteiger partial charge in [-0.3, -0.25) is 0 Å². The third kappa shape index (κ3) is 1.77. The summed E-state index contributed by atoms with van der Waals surface area (Å²) in [5.74, 6) is -1.76. The maximum absolute atomic E-state index is 13.1. The van der Waals surface area contributed by atoms with E-state index in [4.69, 9.17) is 10.00 Å². The van der Waals surface area contributed by atoms with Crippen LogP contribution in [0.1, 0.15) is 18.4 Å². The number of nitriles is 1.